The summed E-state index contributed by atoms with van der Waals surface area (Å²) in [4.78, 5) is 0. The molecule has 0 saturated carbocycles. The van der Waals surface area contributed by atoms with E-state index in [2.05, 4.69) is 191 Å². The SMILES string of the molecule is c1ccc2c(-n3c4ccccc4c4c5c6ccccc6n(-c6ccc(-c7ccc8ccc9ccccc9c8c7)cc6)c5ccc43)cccc2c1. The topological polar surface area (TPSA) is 9.86 Å². The summed E-state index contributed by atoms with van der Waals surface area (Å²) in [6, 6.07) is 66.7. The third kappa shape index (κ3) is 3.85. The lowest BCUT2D eigenvalue weighted by Gasteiger charge is -2.12. The van der Waals surface area contributed by atoms with Gasteiger partial charge in [-0.1, -0.05) is 133 Å². The highest BCUT2D eigenvalue weighted by Crippen LogP contribution is 2.43. The van der Waals surface area contributed by atoms with Gasteiger partial charge < -0.3 is 9.13 Å². The first-order valence-electron chi connectivity index (χ1n) is 17.3. The second-order valence-electron chi connectivity index (χ2n) is 13.3. The molecule has 0 fully saturated rings. The molecular formula is C48H30N2. The van der Waals surface area contributed by atoms with Crippen LogP contribution in [0.15, 0.2) is 182 Å². The molecule has 0 aliphatic carbocycles. The van der Waals surface area contributed by atoms with E-state index in [1.54, 1.807) is 0 Å². The number of hydrogen-bond donors (Lipinski definition) is 0. The Balaban J connectivity index is 1.13. The summed E-state index contributed by atoms with van der Waals surface area (Å²) in [6.07, 6.45) is 0. The van der Waals surface area contributed by atoms with E-state index >= 15 is 0 Å². The molecule has 0 amide bonds. The van der Waals surface area contributed by atoms with Crippen molar-refractivity contribution in [2.75, 3.05) is 0 Å². The van der Waals surface area contributed by atoms with Crippen molar-refractivity contribution in [3.8, 4) is 22.5 Å². The molecule has 0 spiro atoms. The number of benzene rings is 9. The van der Waals surface area contributed by atoms with Crippen LogP contribution >= 0.6 is 0 Å². The van der Waals surface area contributed by atoms with Gasteiger partial charge in [0, 0.05) is 32.6 Å². The van der Waals surface area contributed by atoms with E-state index in [1.165, 1.54) is 92.7 Å². The Bertz CT molecular complexity index is 3130. The summed E-state index contributed by atoms with van der Waals surface area (Å²) in [5, 5.41) is 12.7. The smallest absolute Gasteiger partial charge is 0.0549 e. The molecule has 0 aliphatic rings. The molecule has 2 heterocycles. The average Bonchev–Trinajstić information content (AvgIpc) is 3.70. The molecule has 2 heteroatoms. The molecule has 9 aromatic carbocycles. The van der Waals surface area contributed by atoms with Gasteiger partial charge in [-0.05, 0) is 86.6 Å². The van der Waals surface area contributed by atoms with Crippen LogP contribution in [0.25, 0.3) is 98.4 Å². The Hall–Kier alpha value is -6.64. The quantitative estimate of drug-likeness (QED) is 0.171. The minimum absolute atomic E-state index is 1.16. The number of fused-ring (bicyclic) bond motifs is 11. The summed E-state index contributed by atoms with van der Waals surface area (Å²) in [6.45, 7) is 0. The molecule has 232 valence electrons. The first-order valence-corrected chi connectivity index (χ1v) is 17.3. The first kappa shape index (κ1) is 27.3. The summed E-state index contributed by atoms with van der Waals surface area (Å²) < 4.78 is 4.89. The van der Waals surface area contributed by atoms with Gasteiger partial charge in [0.2, 0.25) is 0 Å². The molecule has 2 nitrogen and oxygen atoms in total. The van der Waals surface area contributed by atoms with E-state index in [0.29, 0.717) is 0 Å². The van der Waals surface area contributed by atoms with Gasteiger partial charge in [0.05, 0.1) is 27.8 Å². The predicted octanol–water partition coefficient (Wildman–Crippen LogP) is 13.0. The van der Waals surface area contributed by atoms with Crippen molar-refractivity contribution in [3.63, 3.8) is 0 Å². The molecule has 0 atom stereocenters. The zero-order valence-corrected chi connectivity index (χ0v) is 27.2. The molecule has 50 heavy (non-hydrogen) atoms. The highest BCUT2D eigenvalue weighted by Gasteiger charge is 2.21. The number of aromatic nitrogens is 2. The standard InChI is InChI=1S/C48H30N2/c1-3-13-37-33(11-1)20-21-34-22-23-35(30-41(34)37)31-24-26-36(27-25-31)49-43-17-7-5-15-39(43)47-45(49)28-29-46-48(47)40-16-6-8-18-44(40)50(46)42-19-9-12-32-10-2-4-14-38(32)42/h1-30H. The minimum atomic E-state index is 1.16. The lowest BCUT2D eigenvalue weighted by Crippen LogP contribution is -1.96. The second kappa shape index (κ2) is 10.4. The van der Waals surface area contributed by atoms with Gasteiger partial charge >= 0.3 is 0 Å². The highest BCUT2D eigenvalue weighted by molar-refractivity contribution is 6.29. The van der Waals surface area contributed by atoms with Crippen LogP contribution < -0.4 is 0 Å². The number of para-hydroxylation sites is 2. The van der Waals surface area contributed by atoms with Crippen molar-refractivity contribution in [2.45, 2.75) is 0 Å². The molecule has 0 radical (unpaired) electrons. The lowest BCUT2D eigenvalue weighted by atomic mass is 9.97. The fourth-order valence-corrected chi connectivity index (χ4v) is 8.44. The van der Waals surface area contributed by atoms with Crippen LogP contribution in [-0.2, 0) is 0 Å². The maximum Gasteiger partial charge on any atom is 0.0549 e. The summed E-state index contributed by atoms with van der Waals surface area (Å²) in [5.74, 6) is 0. The maximum absolute atomic E-state index is 2.46. The third-order valence-electron chi connectivity index (χ3n) is 10.7. The van der Waals surface area contributed by atoms with Gasteiger partial charge in [0.25, 0.3) is 0 Å². The monoisotopic (exact) mass is 634 g/mol. The first-order chi connectivity index (χ1) is 24.8. The zero-order chi connectivity index (χ0) is 32.8. The van der Waals surface area contributed by atoms with Gasteiger partial charge in [-0.15, -0.1) is 0 Å². The van der Waals surface area contributed by atoms with Crippen LogP contribution in [0.4, 0.5) is 0 Å². The number of hydrogen-bond acceptors (Lipinski definition) is 0. The fourth-order valence-electron chi connectivity index (χ4n) is 8.44. The molecule has 11 aromatic rings. The van der Waals surface area contributed by atoms with Crippen molar-refractivity contribution >= 4 is 75.9 Å². The van der Waals surface area contributed by atoms with Crippen molar-refractivity contribution in [3.05, 3.63) is 182 Å². The van der Waals surface area contributed by atoms with E-state index in [-0.39, 0.29) is 0 Å². The van der Waals surface area contributed by atoms with E-state index in [1.807, 2.05) is 0 Å². The van der Waals surface area contributed by atoms with Crippen molar-refractivity contribution in [1.29, 1.82) is 0 Å². The molecule has 0 N–H and O–H groups in total. The Morgan fingerprint density at radius 1 is 0.280 bits per heavy atom. The normalized spacial score (nSPS) is 12.0. The van der Waals surface area contributed by atoms with Crippen LogP contribution in [-0.4, -0.2) is 9.13 Å². The molecule has 0 saturated heterocycles. The van der Waals surface area contributed by atoms with Crippen LogP contribution in [0.2, 0.25) is 0 Å². The lowest BCUT2D eigenvalue weighted by molar-refractivity contribution is 1.18. The zero-order valence-electron chi connectivity index (χ0n) is 27.2. The predicted molar refractivity (Wildman–Crippen MR) is 213 cm³/mol. The number of rotatable bonds is 3. The van der Waals surface area contributed by atoms with Crippen molar-refractivity contribution in [2.24, 2.45) is 0 Å². The Morgan fingerprint density at radius 3 is 1.50 bits per heavy atom. The number of nitrogens with zero attached hydrogens (tertiary/aromatic N) is 2. The largest absolute Gasteiger partial charge is 0.309 e. The van der Waals surface area contributed by atoms with Crippen LogP contribution in [0.3, 0.4) is 0 Å². The van der Waals surface area contributed by atoms with Crippen molar-refractivity contribution in [1.82, 2.24) is 9.13 Å². The van der Waals surface area contributed by atoms with Gasteiger partial charge in [-0.2, -0.15) is 0 Å². The van der Waals surface area contributed by atoms with E-state index < -0.39 is 0 Å². The molecular weight excluding hydrogens is 605 g/mol. The highest BCUT2D eigenvalue weighted by atomic mass is 15.0. The van der Waals surface area contributed by atoms with Crippen LogP contribution in [0.1, 0.15) is 0 Å². The van der Waals surface area contributed by atoms with Crippen molar-refractivity contribution < 1.29 is 0 Å². The average molecular weight is 635 g/mol. The minimum Gasteiger partial charge on any atom is -0.309 e. The molecule has 0 aliphatic heterocycles. The van der Waals surface area contributed by atoms with Crippen LogP contribution in [0.5, 0.6) is 0 Å². The second-order valence-corrected chi connectivity index (χ2v) is 13.3. The summed E-state index contributed by atoms with van der Waals surface area (Å²) >= 11 is 0. The molecule has 11 rings (SSSR count). The van der Waals surface area contributed by atoms with E-state index in [9.17, 15) is 0 Å². The fraction of sp³-hybridized carbons (Fsp3) is 0. The van der Waals surface area contributed by atoms with Crippen LogP contribution in [0, 0.1) is 0 Å². The molecule has 0 bridgehead atoms. The van der Waals surface area contributed by atoms with Gasteiger partial charge in [-0.25, -0.2) is 0 Å². The van der Waals surface area contributed by atoms with Gasteiger partial charge in [-0.3, -0.25) is 0 Å². The Morgan fingerprint density at radius 2 is 0.780 bits per heavy atom. The maximum atomic E-state index is 2.46. The Labute approximate surface area is 288 Å². The van der Waals surface area contributed by atoms with Gasteiger partial charge in [0.1, 0.15) is 0 Å². The van der Waals surface area contributed by atoms with E-state index in [4.69, 9.17) is 0 Å². The Kier molecular flexibility index (Phi) is 5.70. The summed E-state index contributed by atoms with van der Waals surface area (Å²) in [7, 11) is 0. The van der Waals surface area contributed by atoms with E-state index in [0.717, 1.165) is 5.69 Å². The van der Waals surface area contributed by atoms with Gasteiger partial charge in [0.15, 0.2) is 0 Å². The summed E-state index contributed by atoms with van der Waals surface area (Å²) in [5.41, 5.74) is 9.66. The molecule has 0 unspecified atom stereocenters. The third-order valence-corrected chi connectivity index (χ3v) is 10.7. The molecule has 2 aromatic heterocycles.